The number of guanidine groups is 1. The molecule has 4 N–H and O–H groups in total. The first-order chi connectivity index (χ1) is 16.2. The zero-order valence-corrected chi connectivity index (χ0v) is 18.8. The van der Waals surface area contributed by atoms with Crippen LogP contribution in [0, 0.1) is 11.3 Å². The van der Waals surface area contributed by atoms with E-state index in [1.54, 1.807) is 17.8 Å². The molecule has 0 amide bonds. The van der Waals surface area contributed by atoms with Gasteiger partial charge < -0.3 is 21.1 Å². The van der Waals surface area contributed by atoms with Crippen molar-refractivity contribution in [3.05, 3.63) is 84.1 Å². The summed E-state index contributed by atoms with van der Waals surface area (Å²) in [6, 6.07) is 19.6. The van der Waals surface area contributed by atoms with E-state index >= 15 is 0 Å². The second-order valence-electron chi connectivity index (χ2n) is 7.23. The topological polar surface area (TPSA) is 113 Å². The van der Waals surface area contributed by atoms with Crippen LogP contribution >= 0.6 is 0 Å². The lowest BCUT2D eigenvalue weighted by Crippen LogP contribution is -2.37. The number of nitrogen functional groups attached to an aromatic ring is 1. The number of nitrogens with one attached hydrogen (secondary N) is 2. The van der Waals surface area contributed by atoms with E-state index in [2.05, 4.69) is 33.4 Å². The molecule has 0 spiro atoms. The van der Waals surface area contributed by atoms with E-state index in [0.717, 1.165) is 23.4 Å². The lowest BCUT2D eigenvalue weighted by molar-refractivity contribution is 0.358. The number of ether oxygens (including phenoxy) is 1. The van der Waals surface area contributed by atoms with E-state index < -0.39 is 0 Å². The molecule has 3 rings (SSSR count). The zero-order chi connectivity index (χ0) is 23.5. The summed E-state index contributed by atoms with van der Waals surface area (Å²) >= 11 is 0. The first-order valence-corrected chi connectivity index (χ1v) is 10.8. The van der Waals surface area contributed by atoms with Gasteiger partial charge in [0.15, 0.2) is 5.96 Å². The van der Waals surface area contributed by atoms with Gasteiger partial charge >= 0.3 is 0 Å². The fourth-order valence-corrected chi connectivity index (χ4v) is 3.34. The molecule has 2 aromatic carbocycles. The number of nitriles is 1. The number of aryl methyl sites for hydroxylation is 1. The summed E-state index contributed by atoms with van der Waals surface area (Å²) in [5, 5.41) is 20.7. The fourth-order valence-electron chi connectivity index (χ4n) is 3.34. The normalized spacial score (nSPS) is 11.0. The van der Waals surface area contributed by atoms with Crippen LogP contribution in [0.3, 0.4) is 0 Å². The van der Waals surface area contributed by atoms with Crippen molar-refractivity contribution < 1.29 is 4.74 Å². The van der Waals surface area contributed by atoms with Crippen LogP contribution in [-0.2, 0) is 13.0 Å². The molecule has 0 atom stereocenters. The van der Waals surface area contributed by atoms with Gasteiger partial charge in [0, 0.05) is 25.7 Å². The molecule has 0 aliphatic heterocycles. The lowest BCUT2D eigenvalue weighted by atomic mass is 10.1. The number of anilines is 1. The molecule has 0 aliphatic rings. The van der Waals surface area contributed by atoms with Crippen LogP contribution in [0.15, 0.2) is 72.2 Å². The third-order valence-electron chi connectivity index (χ3n) is 4.99. The van der Waals surface area contributed by atoms with Crippen molar-refractivity contribution in [2.75, 3.05) is 25.9 Å². The quantitative estimate of drug-likeness (QED) is 0.192. The Balaban J connectivity index is 1.53. The second kappa shape index (κ2) is 12.0. The molecule has 1 heterocycles. The highest BCUT2D eigenvalue weighted by atomic mass is 16.5. The highest BCUT2D eigenvalue weighted by molar-refractivity contribution is 5.79. The molecule has 0 bridgehead atoms. The Labute approximate surface area is 194 Å². The predicted molar refractivity (Wildman–Crippen MR) is 131 cm³/mol. The SMILES string of the molecule is C=CCOc1ccccc1CNC(=NC)NCCCc1nn(-c2ccccc2)c(N)c1C#N. The third-order valence-corrected chi connectivity index (χ3v) is 4.99. The van der Waals surface area contributed by atoms with Crippen LogP contribution in [0.2, 0.25) is 0 Å². The second-order valence-corrected chi connectivity index (χ2v) is 7.23. The Morgan fingerprint density at radius 3 is 2.70 bits per heavy atom. The fraction of sp³-hybridized carbons (Fsp3) is 0.240. The molecule has 170 valence electrons. The maximum absolute atomic E-state index is 9.55. The van der Waals surface area contributed by atoms with Gasteiger partial charge in [-0.3, -0.25) is 4.99 Å². The van der Waals surface area contributed by atoms with Crippen LogP contribution in [0.1, 0.15) is 23.2 Å². The van der Waals surface area contributed by atoms with Gasteiger partial charge in [0.25, 0.3) is 0 Å². The molecule has 1 aromatic heterocycles. The molecular weight excluding hydrogens is 414 g/mol. The smallest absolute Gasteiger partial charge is 0.191 e. The van der Waals surface area contributed by atoms with Crippen molar-refractivity contribution in [1.82, 2.24) is 20.4 Å². The summed E-state index contributed by atoms with van der Waals surface area (Å²) < 4.78 is 7.32. The van der Waals surface area contributed by atoms with E-state index in [9.17, 15) is 5.26 Å². The van der Waals surface area contributed by atoms with Crippen molar-refractivity contribution in [2.24, 2.45) is 4.99 Å². The molecule has 0 saturated carbocycles. The maximum atomic E-state index is 9.55. The van der Waals surface area contributed by atoms with Gasteiger partial charge in [-0.05, 0) is 31.0 Å². The minimum Gasteiger partial charge on any atom is -0.489 e. The molecule has 0 aliphatic carbocycles. The molecular formula is C25H29N7O. The molecule has 3 aromatic rings. The van der Waals surface area contributed by atoms with Crippen molar-refractivity contribution in [3.63, 3.8) is 0 Å². The summed E-state index contributed by atoms with van der Waals surface area (Å²) in [4.78, 5) is 4.28. The molecule has 0 unspecified atom stereocenters. The zero-order valence-electron chi connectivity index (χ0n) is 18.8. The number of aromatic nitrogens is 2. The van der Waals surface area contributed by atoms with Gasteiger partial charge in [-0.15, -0.1) is 0 Å². The van der Waals surface area contributed by atoms with Crippen molar-refractivity contribution in [1.29, 1.82) is 5.26 Å². The van der Waals surface area contributed by atoms with Crippen LogP contribution in [0.5, 0.6) is 5.75 Å². The molecule has 0 saturated heterocycles. The molecule has 0 radical (unpaired) electrons. The number of benzene rings is 2. The van der Waals surface area contributed by atoms with Gasteiger partial charge in [-0.25, -0.2) is 4.68 Å². The highest BCUT2D eigenvalue weighted by Crippen LogP contribution is 2.21. The highest BCUT2D eigenvalue weighted by Gasteiger charge is 2.16. The summed E-state index contributed by atoms with van der Waals surface area (Å²) in [5.74, 6) is 1.86. The van der Waals surface area contributed by atoms with Crippen LogP contribution in [-0.4, -0.2) is 35.9 Å². The first kappa shape index (κ1) is 23.4. The largest absolute Gasteiger partial charge is 0.489 e. The number of hydrogen-bond acceptors (Lipinski definition) is 5. The summed E-state index contributed by atoms with van der Waals surface area (Å²) in [6.45, 7) is 5.38. The maximum Gasteiger partial charge on any atom is 0.191 e. The van der Waals surface area contributed by atoms with Crippen molar-refractivity contribution in [2.45, 2.75) is 19.4 Å². The molecule has 33 heavy (non-hydrogen) atoms. The minimum atomic E-state index is 0.362. The number of nitrogens with zero attached hydrogens (tertiary/aromatic N) is 4. The predicted octanol–water partition coefficient (Wildman–Crippen LogP) is 3.19. The number of para-hydroxylation sites is 2. The van der Waals surface area contributed by atoms with Gasteiger partial charge in [-0.2, -0.15) is 10.4 Å². The van der Waals surface area contributed by atoms with E-state index in [0.29, 0.717) is 49.2 Å². The number of hydrogen-bond donors (Lipinski definition) is 3. The van der Waals surface area contributed by atoms with Gasteiger partial charge in [0.2, 0.25) is 0 Å². The van der Waals surface area contributed by atoms with Crippen LogP contribution < -0.4 is 21.1 Å². The Hall–Kier alpha value is -4.25. The van der Waals surface area contributed by atoms with E-state index in [-0.39, 0.29) is 0 Å². The Bertz CT molecular complexity index is 1130. The van der Waals surface area contributed by atoms with E-state index in [1.165, 1.54) is 0 Å². The average molecular weight is 444 g/mol. The Kier molecular flexibility index (Phi) is 8.48. The number of rotatable bonds is 10. The van der Waals surface area contributed by atoms with Crippen LogP contribution in [0.4, 0.5) is 5.82 Å². The molecule has 0 fully saturated rings. The number of nitrogens with two attached hydrogens (primary N) is 1. The summed E-state index contributed by atoms with van der Waals surface area (Å²) in [5.41, 5.74) is 9.16. The molecule has 8 heteroatoms. The summed E-state index contributed by atoms with van der Waals surface area (Å²) in [6.07, 6.45) is 3.10. The Morgan fingerprint density at radius 1 is 1.21 bits per heavy atom. The van der Waals surface area contributed by atoms with Gasteiger partial charge in [-0.1, -0.05) is 49.1 Å². The van der Waals surface area contributed by atoms with Crippen molar-refractivity contribution in [3.8, 4) is 17.5 Å². The monoisotopic (exact) mass is 443 g/mol. The van der Waals surface area contributed by atoms with Gasteiger partial charge in [0.05, 0.1) is 11.4 Å². The van der Waals surface area contributed by atoms with Gasteiger partial charge in [0.1, 0.15) is 29.8 Å². The summed E-state index contributed by atoms with van der Waals surface area (Å²) in [7, 11) is 1.73. The molecule has 8 nitrogen and oxygen atoms in total. The minimum absolute atomic E-state index is 0.362. The average Bonchev–Trinajstić information content (AvgIpc) is 3.18. The first-order valence-electron chi connectivity index (χ1n) is 10.8. The van der Waals surface area contributed by atoms with Crippen molar-refractivity contribution >= 4 is 11.8 Å². The Morgan fingerprint density at radius 2 is 1.97 bits per heavy atom. The third kappa shape index (κ3) is 6.14. The van der Waals surface area contributed by atoms with E-state index in [1.807, 2.05) is 54.6 Å². The number of aliphatic imine (C=N–C) groups is 1. The van der Waals surface area contributed by atoms with E-state index in [4.69, 9.17) is 10.5 Å². The lowest BCUT2D eigenvalue weighted by Gasteiger charge is -2.14. The standard InChI is InChI=1S/C25H29N7O/c1-3-16-33-23-14-8-7-10-19(23)18-30-25(28-2)29-15-9-13-22-21(17-26)24(27)32(31-22)20-11-5-4-6-12-20/h3-8,10-12,14H,1,9,13,15-16,18,27H2,2H3,(H2,28,29,30). The van der Waals surface area contributed by atoms with Crippen LogP contribution in [0.25, 0.3) is 5.69 Å².